The number of carbonyl (C=O) groups excluding carboxylic acids is 5. The topological polar surface area (TPSA) is 208 Å². The van der Waals surface area contributed by atoms with Gasteiger partial charge in [0.1, 0.15) is 24.1 Å². The zero-order valence-electron chi connectivity index (χ0n) is 29.6. The zero-order valence-corrected chi connectivity index (χ0v) is 29.6. The van der Waals surface area contributed by atoms with Gasteiger partial charge in [-0.05, 0) is 59.8 Å². The molecule has 7 rings (SSSR count). The first kappa shape index (κ1) is 36.9. The number of benzene rings is 3. The minimum Gasteiger partial charge on any atom is -0.491 e. The number of hydroxylamine groups is 1. The summed E-state index contributed by atoms with van der Waals surface area (Å²) in [6.07, 6.45) is 3.84. The maximum Gasteiger partial charge on any atom is 0.274 e. The number of imide groups is 2. The highest BCUT2D eigenvalue weighted by molar-refractivity contribution is 6.25. The Morgan fingerprint density at radius 3 is 2.53 bits per heavy atom. The summed E-state index contributed by atoms with van der Waals surface area (Å²) in [6.45, 7) is 3.24. The van der Waals surface area contributed by atoms with Crippen LogP contribution in [0.1, 0.15) is 55.2 Å². The van der Waals surface area contributed by atoms with Crippen molar-refractivity contribution in [1.29, 1.82) is 0 Å². The number of anilines is 1. The van der Waals surface area contributed by atoms with Crippen LogP contribution in [0.25, 0.3) is 10.9 Å². The highest BCUT2D eigenvalue weighted by Crippen LogP contribution is 2.32. The number of nitrogens with zero attached hydrogens (tertiary/aromatic N) is 5. The van der Waals surface area contributed by atoms with Crippen LogP contribution in [0.15, 0.2) is 79.1 Å². The van der Waals surface area contributed by atoms with E-state index in [0.29, 0.717) is 63.1 Å². The average molecular weight is 751 g/mol. The fraction of sp³-hybridized carbons (Fsp3) is 0.289. The van der Waals surface area contributed by atoms with Gasteiger partial charge in [-0.25, -0.2) is 10.2 Å². The molecule has 17 heteroatoms. The molecule has 0 spiro atoms. The number of aromatic nitrogens is 4. The SMILES string of the molecule is O=C1CCC(N2C(=O)c3cccc(NCc4cn(CCOCCOCCOc5ccc(Cn6ccc7ccc(C(=O)NO)cc76)cc5)nn4)c3C2=O)C(=O)N1. The molecule has 2 aliphatic heterocycles. The number of rotatable bonds is 17. The minimum absolute atomic E-state index is 0.0492. The van der Waals surface area contributed by atoms with Gasteiger partial charge < -0.3 is 24.1 Å². The lowest BCUT2D eigenvalue weighted by Crippen LogP contribution is -2.54. The lowest BCUT2D eigenvalue weighted by molar-refractivity contribution is -0.136. The first-order valence-electron chi connectivity index (χ1n) is 17.7. The summed E-state index contributed by atoms with van der Waals surface area (Å²) in [6, 6.07) is 18.8. The number of nitrogens with one attached hydrogen (secondary N) is 3. The second-order valence-electron chi connectivity index (χ2n) is 12.9. The third-order valence-electron chi connectivity index (χ3n) is 9.26. The summed E-state index contributed by atoms with van der Waals surface area (Å²) in [7, 11) is 0. The first-order chi connectivity index (χ1) is 26.8. The van der Waals surface area contributed by atoms with E-state index in [4.69, 9.17) is 19.4 Å². The van der Waals surface area contributed by atoms with E-state index in [-0.39, 0.29) is 30.5 Å². The maximum absolute atomic E-state index is 13.3. The molecule has 5 aromatic rings. The molecule has 0 radical (unpaired) electrons. The lowest BCUT2D eigenvalue weighted by Gasteiger charge is -2.27. The van der Waals surface area contributed by atoms with Crippen LogP contribution < -0.4 is 20.9 Å². The molecule has 1 atom stereocenters. The van der Waals surface area contributed by atoms with Crippen LogP contribution in [-0.2, 0) is 38.7 Å². The molecular weight excluding hydrogens is 712 g/mol. The molecule has 55 heavy (non-hydrogen) atoms. The number of hydrogen-bond acceptors (Lipinski definition) is 12. The second kappa shape index (κ2) is 16.7. The molecule has 1 unspecified atom stereocenters. The molecule has 1 saturated heterocycles. The van der Waals surface area contributed by atoms with Crippen LogP contribution in [0, 0.1) is 0 Å². The van der Waals surface area contributed by atoms with Crippen LogP contribution in [-0.4, -0.2) is 98.3 Å². The standard InChI is InChI=1S/C38H38N8O9/c47-33-11-10-31(36(49)40-33)46-37(50)29-2-1-3-30(34(29)38(46)51)39-21-27-23-45(43-41-27)14-15-53-16-17-54-18-19-55-28-8-4-24(5-9-28)22-44-13-12-25-6-7-26(20-32(25)44)35(48)42-52/h1-9,12-13,20,23,31,39,52H,10-11,14-19,21-22H2,(H,42,48)(H,40,47,49). The summed E-state index contributed by atoms with van der Waals surface area (Å²) in [5.41, 5.74) is 5.39. The van der Waals surface area contributed by atoms with Gasteiger partial charge in [0.05, 0.1) is 56.8 Å². The Morgan fingerprint density at radius 1 is 0.927 bits per heavy atom. The molecule has 4 heterocycles. The first-order valence-corrected chi connectivity index (χ1v) is 17.7. The largest absolute Gasteiger partial charge is 0.491 e. The number of carbonyl (C=O) groups is 5. The third kappa shape index (κ3) is 8.38. The van der Waals surface area contributed by atoms with Crippen molar-refractivity contribution in [3.63, 3.8) is 0 Å². The maximum atomic E-state index is 13.3. The number of hydrogen-bond donors (Lipinski definition) is 4. The Labute approximate surface area is 314 Å². The van der Waals surface area contributed by atoms with Gasteiger partial charge in [0.15, 0.2) is 0 Å². The molecule has 1 fully saturated rings. The monoisotopic (exact) mass is 750 g/mol. The molecule has 0 bridgehead atoms. The van der Waals surface area contributed by atoms with Gasteiger partial charge in [-0.3, -0.25) is 39.4 Å². The van der Waals surface area contributed by atoms with Gasteiger partial charge in [-0.1, -0.05) is 29.5 Å². The predicted octanol–water partition coefficient (Wildman–Crippen LogP) is 2.53. The smallest absolute Gasteiger partial charge is 0.274 e. The summed E-state index contributed by atoms with van der Waals surface area (Å²) < 4.78 is 20.8. The van der Waals surface area contributed by atoms with E-state index in [0.717, 1.165) is 27.1 Å². The van der Waals surface area contributed by atoms with E-state index in [1.807, 2.05) is 47.2 Å². The van der Waals surface area contributed by atoms with E-state index in [1.54, 1.807) is 46.7 Å². The van der Waals surface area contributed by atoms with E-state index < -0.39 is 35.6 Å². The van der Waals surface area contributed by atoms with Crippen LogP contribution in [0.3, 0.4) is 0 Å². The van der Waals surface area contributed by atoms with Crippen LogP contribution in [0.4, 0.5) is 5.69 Å². The van der Waals surface area contributed by atoms with Crippen molar-refractivity contribution in [2.24, 2.45) is 0 Å². The summed E-state index contributed by atoms with van der Waals surface area (Å²) in [5.74, 6) is -2.08. The Morgan fingerprint density at radius 2 is 1.73 bits per heavy atom. The van der Waals surface area contributed by atoms with Crippen molar-refractivity contribution >= 4 is 46.1 Å². The Kier molecular flexibility index (Phi) is 11.2. The molecule has 284 valence electrons. The van der Waals surface area contributed by atoms with Gasteiger partial charge in [-0.2, -0.15) is 0 Å². The highest BCUT2D eigenvalue weighted by Gasteiger charge is 2.45. The van der Waals surface area contributed by atoms with Gasteiger partial charge in [0.25, 0.3) is 17.7 Å². The fourth-order valence-electron chi connectivity index (χ4n) is 6.49. The van der Waals surface area contributed by atoms with Gasteiger partial charge in [0.2, 0.25) is 11.8 Å². The molecule has 0 saturated carbocycles. The van der Waals surface area contributed by atoms with E-state index in [1.165, 1.54) is 0 Å². The predicted molar refractivity (Wildman–Crippen MR) is 194 cm³/mol. The summed E-state index contributed by atoms with van der Waals surface area (Å²) >= 11 is 0. The minimum atomic E-state index is -1.04. The van der Waals surface area contributed by atoms with Crippen LogP contribution in [0.5, 0.6) is 5.75 Å². The van der Waals surface area contributed by atoms with Crippen molar-refractivity contribution in [3.05, 3.63) is 107 Å². The Balaban J connectivity index is 0.777. The zero-order chi connectivity index (χ0) is 38.3. The average Bonchev–Trinajstić information content (AvgIpc) is 3.89. The molecule has 0 aliphatic carbocycles. The number of fused-ring (bicyclic) bond motifs is 2. The van der Waals surface area contributed by atoms with Gasteiger partial charge >= 0.3 is 0 Å². The highest BCUT2D eigenvalue weighted by atomic mass is 16.5. The van der Waals surface area contributed by atoms with Crippen LogP contribution in [0.2, 0.25) is 0 Å². The molecule has 2 aromatic heterocycles. The van der Waals surface area contributed by atoms with Crippen molar-refractivity contribution in [1.82, 2.24) is 35.3 Å². The molecular formula is C38H38N8O9. The van der Waals surface area contributed by atoms with Crippen LogP contribution >= 0.6 is 0 Å². The van der Waals surface area contributed by atoms with Crippen molar-refractivity contribution in [2.45, 2.75) is 38.5 Å². The third-order valence-corrected chi connectivity index (χ3v) is 9.26. The van der Waals surface area contributed by atoms with E-state index >= 15 is 0 Å². The normalized spacial score (nSPS) is 15.4. The van der Waals surface area contributed by atoms with Gasteiger partial charge in [-0.15, -0.1) is 5.10 Å². The molecule has 5 amide bonds. The summed E-state index contributed by atoms with van der Waals surface area (Å²) in [4.78, 5) is 63.1. The van der Waals surface area contributed by atoms with Gasteiger partial charge in [0, 0.05) is 35.9 Å². The molecule has 17 nitrogen and oxygen atoms in total. The molecule has 3 aromatic carbocycles. The second-order valence-corrected chi connectivity index (χ2v) is 12.9. The van der Waals surface area contributed by atoms with Crippen molar-refractivity contribution < 1.29 is 43.4 Å². The Bertz CT molecular complexity index is 2230. The van der Waals surface area contributed by atoms with Crippen molar-refractivity contribution in [2.75, 3.05) is 38.4 Å². The van der Waals surface area contributed by atoms with Crippen molar-refractivity contribution in [3.8, 4) is 5.75 Å². The number of amides is 5. The number of piperidine rings is 1. The Hall–Kier alpha value is -6.43. The number of ether oxygens (including phenoxy) is 3. The fourth-order valence-corrected chi connectivity index (χ4v) is 6.49. The van der Waals surface area contributed by atoms with E-state index in [2.05, 4.69) is 20.9 Å². The quantitative estimate of drug-likeness (QED) is 0.0468. The molecule has 2 aliphatic rings. The lowest BCUT2D eigenvalue weighted by atomic mass is 10.0. The van der Waals surface area contributed by atoms with E-state index in [9.17, 15) is 24.0 Å². The summed E-state index contributed by atoms with van der Waals surface area (Å²) in [5, 5.41) is 23.6. The molecule has 4 N–H and O–H groups in total.